The zero-order valence-corrected chi connectivity index (χ0v) is 10.1. The lowest BCUT2D eigenvalue weighted by atomic mass is 10.1. The molecule has 0 radical (unpaired) electrons. The Kier molecular flexibility index (Phi) is 3.23. The number of aromatic nitrogens is 2. The van der Waals surface area contributed by atoms with Gasteiger partial charge in [-0.25, -0.2) is 9.98 Å². The highest BCUT2D eigenvalue weighted by Crippen LogP contribution is 2.25. The maximum absolute atomic E-state index is 5.27. The van der Waals surface area contributed by atoms with Crippen LogP contribution in [0.25, 0.3) is 11.3 Å². The number of nitrogens with one attached hydrogen (secondary N) is 1. The summed E-state index contributed by atoms with van der Waals surface area (Å²) in [5, 5.41) is 0. The number of rotatable bonds is 3. The third-order valence-corrected chi connectivity index (χ3v) is 2.75. The summed E-state index contributed by atoms with van der Waals surface area (Å²) in [5.41, 5.74) is 9.79. The van der Waals surface area contributed by atoms with Crippen LogP contribution in [-0.2, 0) is 6.42 Å². The second-order valence-electron chi connectivity index (χ2n) is 3.87. The fourth-order valence-electron chi connectivity index (χ4n) is 1.88. The molecular weight excluding hydrogens is 212 g/mol. The molecule has 90 valence electrons. The zero-order valence-electron chi connectivity index (χ0n) is 10.1. The van der Waals surface area contributed by atoms with Crippen LogP contribution < -0.4 is 5.73 Å². The van der Waals surface area contributed by atoms with Gasteiger partial charge in [0.1, 0.15) is 0 Å². The first-order valence-corrected chi connectivity index (χ1v) is 5.63. The van der Waals surface area contributed by atoms with Gasteiger partial charge in [0.2, 0.25) is 0 Å². The summed E-state index contributed by atoms with van der Waals surface area (Å²) >= 11 is 0. The topological polar surface area (TPSA) is 67.1 Å². The Balaban J connectivity index is 0.00000162. The Labute approximate surface area is 102 Å². The van der Waals surface area contributed by atoms with Gasteiger partial charge in [-0.1, -0.05) is 6.92 Å². The predicted molar refractivity (Wildman–Crippen MR) is 72.6 cm³/mol. The van der Waals surface area contributed by atoms with Gasteiger partial charge in [-0.2, -0.15) is 0 Å². The normalized spacial score (nSPS) is 11.2. The van der Waals surface area contributed by atoms with E-state index >= 15 is 0 Å². The number of aryl methyl sites for hydroxylation is 2. The second-order valence-corrected chi connectivity index (χ2v) is 3.87. The Morgan fingerprint density at radius 1 is 1.59 bits per heavy atom. The number of pyridine rings is 1. The lowest BCUT2D eigenvalue weighted by Crippen LogP contribution is -1.91. The minimum atomic E-state index is 0. The van der Waals surface area contributed by atoms with Gasteiger partial charge in [-0.15, -0.1) is 0 Å². The summed E-state index contributed by atoms with van der Waals surface area (Å²) in [6, 6.07) is 4.16. The third-order valence-electron chi connectivity index (χ3n) is 2.75. The van der Waals surface area contributed by atoms with Crippen molar-refractivity contribution >= 4 is 12.2 Å². The lowest BCUT2D eigenvalue weighted by Gasteiger charge is -2.05. The fourth-order valence-corrected chi connectivity index (χ4v) is 1.88. The Bertz CT molecular complexity index is 546. The van der Waals surface area contributed by atoms with Gasteiger partial charge in [0, 0.05) is 19.4 Å². The first kappa shape index (κ1) is 11.4. The molecule has 4 nitrogen and oxygen atoms in total. The fraction of sp³-hybridized carbons (Fsp3) is 0.231. The number of aromatic amines is 1. The molecule has 2 aromatic rings. The largest absolute Gasteiger partial charge is 0.390 e. The second kappa shape index (κ2) is 4.82. The van der Waals surface area contributed by atoms with E-state index in [1.807, 2.05) is 19.3 Å². The first-order valence-electron chi connectivity index (χ1n) is 5.63. The van der Waals surface area contributed by atoms with E-state index in [2.05, 4.69) is 34.0 Å². The number of hydrogen-bond acceptors (Lipinski definition) is 2. The molecule has 17 heavy (non-hydrogen) atoms. The number of nitrogens with zero attached hydrogens (tertiary/aromatic N) is 2. The van der Waals surface area contributed by atoms with E-state index in [4.69, 9.17) is 5.73 Å². The van der Waals surface area contributed by atoms with Crippen molar-refractivity contribution in [3.63, 3.8) is 0 Å². The van der Waals surface area contributed by atoms with Gasteiger partial charge in [-0.3, -0.25) is 0 Å². The SMILES string of the molecule is CCc1cc[nH]c1-c1cnc(N=CN)c(C)c1.[HH]. The van der Waals surface area contributed by atoms with Crippen molar-refractivity contribution in [1.29, 1.82) is 0 Å². The highest BCUT2D eigenvalue weighted by Gasteiger charge is 2.07. The molecule has 4 heteroatoms. The molecular formula is C13H18N4. The van der Waals surface area contributed by atoms with Crippen molar-refractivity contribution in [3.05, 3.63) is 35.7 Å². The van der Waals surface area contributed by atoms with Gasteiger partial charge in [-0.05, 0) is 36.6 Å². The van der Waals surface area contributed by atoms with Crippen LogP contribution in [0, 0.1) is 6.92 Å². The maximum Gasteiger partial charge on any atom is 0.156 e. The smallest absolute Gasteiger partial charge is 0.156 e. The molecule has 0 aliphatic rings. The molecule has 0 amide bonds. The molecule has 0 fully saturated rings. The van der Waals surface area contributed by atoms with Gasteiger partial charge in [0.05, 0.1) is 12.0 Å². The summed E-state index contributed by atoms with van der Waals surface area (Å²) in [6.07, 6.45) is 6.04. The zero-order chi connectivity index (χ0) is 12.3. The average Bonchev–Trinajstić information content (AvgIpc) is 2.80. The highest BCUT2D eigenvalue weighted by atomic mass is 14.9. The van der Waals surface area contributed by atoms with Crippen LogP contribution in [-0.4, -0.2) is 16.3 Å². The summed E-state index contributed by atoms with van der Waals surface area (Å²) < 4.78 is 0. The standard InChI is InChI=1S/C13H16N4.H2/c1-3-10-4-5-15-12(10)11-6-9(2)13(16-7-11)17-8-14;/h4-8,15H,3H2,1-2H3,(H2,14,16,17);1H. The first-order chi connectivity index (χ1) is 8.26. The molecule has 0 unspecified atom stereocenters. The molecule has 2 heterocycles. The van der Waals surface area contributed by atoms with E-state index in [0.29, 0.717) is 5.82 Å². The molecule has 0 aromatic carbocycles. The maximum atomic E-state index is 5.27. The molecule has 0 saturated carbocycles. The molecule has 0 saturated heterocycles. The average molecular weight is 230 g/mol. The van der Waals surface area contributed by atoms with Crippen LogP contribution in [0.4, 0.5) is 5.82 Å². The van der Waals surface area contributed by atoms with Crippen molar-refractivity contribution in [2.24, 2.45) is 10.7 Å². The van der Waals surface area contributed by atoms with Crippen LogP contribution >= 0.6 is 0 Å². The Morgan fingerprint density at radius 2 is 2.41 bits per heavy atom. The summed E-state index contributed by atoms with van der Waals surface area (Å²) in [5.74, 6) is 0.667. The number of hydrogen-bond donors (Lipinski definition) is 2. The van der Waals surface area contributed by atoms with Gasteiger partial charge in [0.25, 0.3) is 0 Å². The molecule has 2 rings (SSSR count). The van der Waals surface area contributed by atoms with Gasteiger partial charge < -0.3 is 10.7 Å². The van der Waals surface area contributed by atoms with Crippen molar-refractivity contribution in [2.45, 2.75) is 20.3 Å². The summed E-state index contributed by atoms with van der Waals surface area (Å²) in [7, 11) is 0. The van der Waals surface area contributed by atoms with Crippen LogP contribution in [0.15, 0.2) is 29.5 Å². The van der Waals surface area contributed by atoms with E-state index in [9.17, 15) is 0 Å². The van der Waals surface area contributed by atoms with Gasteiger partial charge in [0.15, 0.2) is 5.82 Å². The molecule has 0 aliphatic carbocycles. The third kappa shape index (κ3) is 2.20. The predicted octanol–water partition coefficient (Wildman–Crippen LogP) is 2.81. The Hall–Kier alpha value is -2.10. The van der Waals surface area contributed by atoms with Crippen molar-refractivity contribution in [3.8, 4) is 11.3 Å². The van der Waals surface area contributed by atoms with E-state index in [1.54, 1.807) is 0 Å². The molecule has 2 aromatic heterocycles. The number of aliphatic imine (C=N–C) groups is 1. The van der Waals surface area contributed by atoms with Gasteiger partial charge >= 0.3 is 0 Å². The molecule has 3 N–H and O–H groups in total. The minimum absolute atomic E-state index is 0. The van der Waals surface area contributed by atoms with E-state index in [-0.39, 0.29) is 1.43 Å². The van der Waals surface area contributed by atoms with E-state index in [0.717, 1.165) is 23.2 Å². The van der Waals surface area contributed by atoms with Crippen molar-refractivity contribution in [1.82, 2.24) is 9.97 Å². The van der Waals surface area contributed by atoms with Crippen LogP contribution in [0.3, 0.4) is 0 Å². The molecule has 0 spiro atoms. The van der Waals surface area contributed by atoms with Crippen molar-refractivity contribution < 1.29 is 1.43 Å². The van der Waals surface area contributed by atoms with Crippen molar-refractivity contribution in [2.75, 3.05) is 0 Å². The molecule has 0 atom stereocenters. The minimum Gasteiger partial charge on any atom is -0.390 e. The summed E-state index contributed by atoms with van der Waals surface area (Å²) in [6.45, 7) is 4.12. The summed E-state index contributed by atoms with van der Waals surface area (Å²) in [4.78, 5) is 11.6. The van der Waals surface area contributed by atoms with E-state index in [1.165, 1.54) is 11.9 Å². The van der Waals surface area contributed by atoms with E-state index < -0.39 is 0 Å². The van der Waals surface area contributed by atoms with Crippen LogP contribution in [0.5, 0.6) is 0 Å². The monoisotopic (exact) mass is 230 g/mol. The number of nitrogens with two attached hydrogens (primary N) is 1. The highest BCUT2D eigenvalue weighted by molar-refractivity contribution is 5.66. The van der Waals surface area contributed by atoms with Crippen LogP contribution in [0.2, 0.25) is 0 Å². The quantitative estimate of drug-likeness (QED) is 0.629. The molecule has 0 bridgehead atoms. The van der Waals surface area contributed by atoms with Crippen LogP contribution in [0.1, 0.15) is 19.5 Å². The molecule has 0 aliphatic heterocycles. The number of H-pyrrole nitrogens is 1. The Morgan fingerprint density at radius 3 is 3.06 bits per heavy atom. The lowest BCUT2D eigenvalue weighted by molar-refractivity contribution is 1.14.